The van der Waals surface area contributed by atoms with Gasteiger partial charge in [0.2, 0.25) is 0 Å². The molecule has 0 aliphatic heterocycles. The Morgan fingerprint density at radius 1 is 1.00 bits per heavy atom. The minimum atomic E-state index is -0.318. The minimum absolute atomic E-state index is 0.165. The van der Waals surface area contributed by atoms with Gasteiger partial charge in [0.15, 0.2) is 0 Å². The third-order valence-corrected chi connectivity index (χ3v) is 3.09. The Morgan fingerprint density at radius 2 is 1.65 bits per heavy atom. The lowest BCUT2D eigenvalue weighted by Crippen LogP contribution is -2.16. The zero-order valence-electron chi connectivity index (χ0n) is 12.4. The van der Waals surface area contributed by atoms with E-state index < -0.39 is 0 Å². The van der Waals surface area contributed by atoms with Crippen LogP contribution < -0.4 is 0 Å². The van der Waals surface area contributed by atoms with Crippen molar-refractivity contribution in [2.45, 2.75) is 58.3 Å². The predicted molar refractivity (Wildman–Crippen MR) is 78.7 cm³/mol. The van der Waals surface area contributed by atoms with Crippen LogP contribution in [0.15, 0.2) is 25.7 Å². The van der Waals surface area contributed by atoms with Gasteiger partial charge in [-0.3, -0.25) is 9.59 Å². The van der Waals surface area contributed by atoms with E-state index in [0.717, 1.165) is 38.2 Å². The molecular formula is C16H26O4. The summed E-state index contributed by atoms with van der Waals surface area (Å²) in [6, 6.07) is 0. The van der Waals surface area contributed by atoms with E-state index in [4.69, 9.17) is 4.74 Å². The summed E-state index contributed by atoms with van der Waals surface area (Å²) >= 11 is 0. The molecule has 0 N–H and O–H groups in total. The van der Waals surface area contributed by atoms with Crippen molar-refractivity contribution in [2.75, 3.05) is 0 Å². The molecule has 0 aliphatic rings. The topological polar surface area (TPSA) is 52.6 Å². The molecule has 0 saturated heterocycles. The van der Waals surface area contributed by atoms with Crippen LogP contribution in [0, 0.1) is 5.92 Å². The largest absolute Gasteiger partial charge is 0.435 e. The molecular weight excluding hydrogens is 256 g/mol. The summed E-state index contributed by atoms with van der Waals surface area (Å²) in [5.41, 5.74) is 0. The van der Waals surface area contributed by atoms with E-state index in [1.165, 1.54) is 6.42 Å². The molecule has 0 aromatic carbocycles. The first kappa shape index (κ1) is 18.4. The molecule has 0 aromatic rings. The number of rotatable bonds is 12. The van der Waals surface area contributed by atoms with Crippen molar-refractivity contribution in [2.24, 2.45) is 5.92 Å². The number of hydrogen-bond donors (Lipinski definition) is 0. The third-order valence-electron chi connectivity index (χ3n) is 3.09. The van der Waals surface area contributed by atoms with Crippen molar-refractivity contribution in [1.82, 2.24) is 0 Å². The number of unbranched alkanes of at least 4 members (excludes halogenated alkanes) is 3. The lowest BCUT2D eigenvalue weighted by Gasteiger charge is -2.14. The average Bonchev–Trinajstić information content (AvgIpc) is 2.42. The summed E-state index contributed by atoms with van der Waals surface area (Å²) < 4.78 is 9.50. The van der Waals surface area contributed by atoms with Crippen molar-refractivity contribution in [3.63, 3.8) is 0 Å². The molecule has 0 fully saturated rings. The van der Waals surface area contributed by atoms with Gasteiger partial charge in [-0.2, -0.15) is 0 Å². The number of carbonyl (C=O) groups excluding carboxylic acids is 2. The van der Waals surface area contributed by atoms with Crippen molar-refractivity contribution in [1.29, 1.82) is 0 Å². The van der Waals surface area contributed by atoms with Gasteiger partial charge in [0.1, 0.15) is 0 Å². The van der Waals surface area contributed by atoms with Gasteiger partial charge < -0.3 is 9.47 Å². The first-order valence-electron chi connectivity index (χ1n) is 7.27. The summed E-state index contributed by atoms with van der Waals surface area (Å²) in [5, 5.41) is 0. The van der Waals surface area contributed by atoms with Crippen LogP contribution in [0.2, 0.25) is 0 Å². The van der Waals surface area contributed by atoms with Crippen LogP contribution in [-0.2, 0) is 19.1 Å². The number of esters is 2. The zero-order chi connectivity index (χ0) is 15.2. The van der Waals surface area contributed by atoms with Crippen LogP contribution in [-0.4, -0.2) is 11.9 Å². The number of carbonyl (C=O) groups is 2. The summed E-state index contributed by atoms with van der Waals surface area (Å²) in [6.45, 7) is 8.87. The van der Waals surface area contributed by atoms with Gasteiger partial charge in [-0.25, -0.2) is 0 Å². The molecule has 114 valence electrons. The standard InChI is InChI=1S/C16H26O4/c1-4-7-8-9-11-14(16(18)20-6-3)12-10-13-15(17)19-5-2/h5-6,14H,2-4,7-13H2,1H3. The highest BCUT2D eigenvalue weighted by Gasteiger charge is 2.19. The first-order valence-corrected chi connectivity index (χ1v) is 7.27. The lowest BCUT2D eigenvalue weighted by molar-refractivity contribution is -0.144. The predicted octanol–water partition coefficient (Wildman–Crippen LogP) is 4.12. The van der Waals surface area contributed by atoms with E-state index in [1.54, 1.807) is 0 Å². The SMILES string of the molecule is C=COC(=O)CCCC(CCCCCC)C(=O)OC=C. The van der Waals surface area contributed by atoms with Gasteiger partial charge in [-0.15, -0.1) is 0 Å². The summed E-state index contributed by atoms with van der Waals surface area (Å²) in [6.07, 6.45) is 9.06. The van der Waals surface area contributed by atoms with Crippen LogP contribution >= 0.6 is 0 Å². The third kappa shape index (κ3) is 9.36. The molecule has 4 nitrogen and oxygen atoms in total. The van der Waals surface area contributed by atoms with Gasteiger partial charge in [0.05, 0.1) is 18.4 Å². The van der Waals surface area contributed by atoms with E-state index in [9.17, 15) is 9.59 Å². The second kappa shape index (κ2) is 12.5. The Labute approximate surface area is 121 Å². The maximum Gasteiger partial charge on any atom is 0.313 e. The maximum absolute atomic E-state index is 11.8. The van der Waals surface area contributed by atoms with E-state index in [2.05, 4.69) is 24.8 Å². The monoisotopic (exact) mass is 282 g/mol. The van der Waals surface area contributed by atoms with E-state index in [1.807, 2.05) is 0 Å². The summed E-state index contributed by atoms with van der Waals surface area (Å²) in [5.74, 6) is -0.739. The number of ether oxygens (including phenoxy) is 2. The first-order chi connectivity index (χ1) is 9.65. The molecule has 1 atom stereocenters. The zero-order valence-corrected chi connectivity index (χ0v) is 12.4. The second-order valence-electron chi connectivity index (χ2n) is 4.70. The molecule has 0 aromatic heterocycles. The Hall–Kier alpha value is -1.58. The summed E-state index contributed by atoms with van der Waals surface area (Å²) in [7, 11) is 0. The average molecular weight is 282 g/mol. The fraction of sp³-hybridized carbons (Fsp3) is 0.625. The maximum atomic E-state index is 11.8. The Bertz CT molecular complexity index is 310. The summed E-state index contributed by atoms with van der Waals surface area (Å²) in [4.78, 5) is 23.0. The normalized spacial score (nSPS) is 11.4. The molecule has 4 heteroatoms. The Kier molecular flexibility index (Phi) is 11.5. The van der Waals surface area contributed by atoms with Crippen LogP contribution in [0.5, 0.6) is 0 Å². The number of hydrogen-bond acceptors (Lipinski definition) is 4. The van der Waals surface area contributed by atoms with Gasteiger partial charge in [-0.1, -0.05) is 45.8 Å². The van der Waals surface area contributed by atoms with Crippen LogP contribution in [0.1, 0.15) is 58.3 Å². The lowest BCUT2D eigenvalue weighted by atomic mass is 9.95. The molecule has 0 radical (unpaired) electrons. The minimum Gasteiger partial charge on any atom is -0.435 e. The van der Waals surface area contributed by atoms with Gasteiger partial charge in [0, 0.05) is 6.42 Å². The molecule has 20 heavy (non-hydrogen) atoms. The van der Waals surface area contributed by atoms with Crippen molar-refractivity contribution in [3.05, 3.63) is 25.7 Å². The van der Waals surface area contributed by atoms with E-state index in [-0.39, 0.29) is 17.9 Å². The smallest absolute Gasteiger partial charge is 0.313 e. The molecule has 0 heterocycles. The van der Waals surface area contributed by atoms with Crippen LogP contribution in [0.3, 0.4) is 0 Å². The molecule has 0 spiro atoms. The van der Waals surface area contributed by atoms with Gasteiger partial charge in [0.25, 0.3) is 0 Å². The quantitative estimate of drug-likeness (QED) is 0.307. The molecule has 0 amide bonds. The van der Waals surface area contributed by atoms with Gasteiger partial charge >= 0.3 is 11.9 Å². The molecule has 0 rings (SSSR count). The van der Waals surface area contributed by atoms with Crippen LogP contribution in [0.25, 0.3) is 0 Å². The Balaban J connectivity index is 4.09. The van der Waals surface area contributed by atoms with E-state index >= 15 is 0 Å². The van der Waals surface area contributed by atoms with Crippen molar-refractivity contribution >= 4 is 11.9 Å². The van der Waals surface area contributed by atoms with Gasteiger partial charge in [-0.05, 0) is 19.3 Å². The van der Waals surface area contributed by atoms with E-state index in [0.29, 0.717) is 19.3 Å². The second-order valence-corrected chi connectivity index (χ2v) is 4.70. The highest BCUT2D eigenvalue weighted by molar-refractivity contribution is 5.73. The fourth-order valence-electron chi connectivity index (χ4n) is 2.02. The highest BCUT2D eigenvalue weighted by Crippen LogP contribution is 2.19. The van der Waals surface area contributed by atoms with Crippen molar-refractivity contribution in [3.8, 4) is 0 Å². The van der Waals surface area contributed by atoms with Crippen molar-refractivity contribution < 1.29 is 19.1 Å². The fourth-order valence-corrected chi connectivity index (χ4v) is 2.02. The molecule has 0 bridgehead atoms. The molecule has 1 unspecified atom stereocenters. The Morgan fingerprint density at radius 3 is 2.25 bits per heavy atom. The molecule has 0 aliphatic carbocycles. The van der Waals surface area contributed by atoms with Crippen LogP contribution in [0.4, 0.5) is 0 Å². The highest BCUT2D eigenvalue weighted by atomic mass is 16.5. The molecule has 0 saturated carbocycles.